The monoisotopic (exact) mass is 312 g/mol. The standard InChI is InChI=1S/C14H11F3N2O3/c15-14(16,17)22-13-6-4-11(5-7-13)18-9-10-2-1-3-12(8-10)19(20)21/h1-8,18H,9H2. The second-order valence-corrected chi connectivity index (χ2v) is 4.35. The second-order valence-electron chi connectivity index (χ2n) is 4.35. The first-order valence-corrected chi connectivity index (χ1v) is 6.16. The van der Waals surface area contributed by atoms with Gasteiger partial charge in [-0.2, -0.15) is 0 Å². The number of rotatable bonds is 5. The molecule has 0 unspecified atom stereocenters. The number of non-ortho nitro benzene ring substituents is 1. The molecule has 2 aromatic carbocycles. The van der Waals surface area contributed by atoms with Gasteiger partial charge in [-0.15, -0.1) is 13.2 Å². The Hall–Kier alpha value is -2.77. The van der Waals surface area contributed by atoms with E-state index >= 15 is 0 Å². The first-order chi connectivity index (χ1) is 10.3. The number of alkyl halides is 3. The molecule has 0 atom stereocenters. The van der Waals surface area contributed by atoms with Crippen LogP contribution in [0.15, 0.2) is 48.5 Å². The summed E-state index contributed by atoms with van der Waals surface area (Å²) in [5, 5.41) is 13.6. The minimum absolute atomic E-state index is 0.0202. The number of nitrogens with zero attached hydrogens (tertiary/aromatic N) is 1. The lowest BCUT2D eigenvalue weighted by atomic mass is 10.2. The normalized spacial score (nSPS) is 11.0. The number of nitro benzene ring substituents is 1. The van der Waals surface area contributed by atoms with Crippen LogP contribution >= 0.6 is 0 Å². The SMILES string of the molecule is O=[N+]([O-])c1cccc(CNc2ccc(OC(F)(F)F)cc2)c1. The van der Waals surface area contributed by atoms with Crippen LogP contribution in [0, 0.1) is 10.1 Å². The maximum Gasteiger partial charge on any atom is 0.573 e. The Morgan fingerprint density at radius 1 is 1.14 bits per heavy atom. The molecule has 0 amide bonds. The summed E-state index contributed by atoms with van der Waals surface area (Å²) in [4.78, 5) is 10.2. The number of nitro groups is 1. The summed E-state index contributed by atoms with van der Waals surface area (Å²) in [6.07, 6.45) is -4.72. The summed E-state index contributed by atoms with van der Waals surface area (Å²) in [7, 11) is 0. The molecule has 0 aliphatic heterocycles. The van der Waals surface area contributed by atoms with E-state index in [1.54, 1.807) is 12.1 Å². The molecule has 0 spiro atoms. The number of hydrogen-bond acceptors (Lipinski definition) is 4. The molecule has 5 nitrogen and oxygen atoms in total. The van der Waals surface area contributed by atoms with Gasteiger partial charge in [0.25, 0.3) is 5.69 Å². The Morgan fingerprint density at radius 2 is 1.82 bits per heavy atom. The fourth-order valence-electron chi connectivity index (χ4n) is 1.76. The predicted octanol–water partition coefficient (Wildman–Crippen LogP) is 4.11. The average molecular weight is 312 g/mol. The summed E-state index contributed by atoms with van der Waals surface area (Å²) >= 11 is 0. The largest absolute Gasteiger partial charge is 0.573 e. The lowest BCUT2D eigenvalue weighted by Crippen LogP contribution is -2.17. The number of benzene rings is 2. The van der Waals surface area contributed by atoms with Crippen molar-refractivity contribution in [1.29, 1.82) is 0 Å². The molecule has 2 rings (SSSR count). The molecule has 1 N–H and O–H groups in total. The Bertz CT molecular complexity index is 657. The number of nitrogens with one attached hydrogen (secondary N) is 1. The second kappa shape index (κ2) is 6.33. The fourth-order valence-corrected chi connectivity index (χ4v) is 1.76. The molecule has 0 aliphatic carbocycles. The van der Waals surface area contributed by atoms with Gasteiger partial charge in [0, 0.05) is 24.4 Å². The molecule has 8 heteroatoms. The summed E-state index contributed by atoms with van der Waals surface area (Å²) in [5.74, 6) is -0.312. The third kappa shape index (κ3) is 4.65. The van der Waals surface area contributed by atoms with Gasteiger partial charge in [0.2, 0.25) is 0 Å². The van der Waals surface area contributed by atoms with E-state index in [1.807, 2.05) is 0 Å². The highest BCUT2D eigenvalue weighted by atomic mass is 19.4. The Kier molecular flexibility index (Phi) is 4.50. The lowest BCUT2D eigenvalue weighted by molar-refractivity contribution is -0.384. The number of halogens is 3. The van der Waals surface area contributed by atoms with Crippen LogP contribution in [-0.4, -0.2) is 11.3 Å². The van der Waals surface area contributed by atoms with Gasteiger partial charge in [0.15, 0.2) is 0 Å². The van der Waals surface area contributed by atoms with E-state index in [0.717, 1.165) is 0 Å². The summed E-state index contributed by atoms with van der Waals surface area (Å²) in [6, 6.07) is 11.3. The fraction of sp³-hybridized carbons (Fsp3) is 0.143. The van der Waals surface area contributed by atoms with Crippen molar-refractivity contribution in [3.63, 3.8) is 0 Å². The third-order valence-corrected chi connectivity index (χ3v) is 2.71. The van der Waals surface area contributed by atoms with Crippen molar-refractivity contribution in [3.05, 3.63) is 64.2 Å². The van der Waals surface area contributed by atoms with Gasteiger partial charge in [-0.05, 0) is 29.8 Å². The first kappa shape index (κ1) is 15.6. The zero-order valence-electron chi connectivity index (χ0n) is 11.1. The topological polar surface area (TPSA) is 64.4 Å². The molecule has 116 valence electrons. The Labute approximate surface area is 123 Å². The van der Waals surface area contributed by atoms with Gasteiger partial charge < -0.3 is 10.1 Å². The van der Waals surface area contributed by atoms with Crippen molar-refractivity contribution < 1.29 is 22.8 Å². The lowest BCUT2D eigenvalue weighted by Gasteiger charge is -2.10. The minimum Gasteiger partial charge on any atom is -0.406 e. The summed E-state index contributed by atoms with van der Waals surface area (Å²) in [6.45, 7) is 0.307. The summed E-state index contributed by atoms with van der Waals surface area (Å²) in [5.41, 5.74) is 1.24. The highest BCUT2D eigenvalue weighted by molar-refractivity contribution is 5.47. The van der Waals surface area contributed by atoms with Crippen LogP contribution in [0.5, 0.6) is 5.75 Å². The van der Waals surface area contributed by atoms with Gasteiger partial charge in [0.05, 0.1) is 4.92 Å². The highest BCUT2D eigenvalue weighted by Crippen LogP contribution is 2.24. The van der Waals surface area contributed by atoms with Crippen LogP contribution in [0.1, 0.15) is 5.56 Å². The van der Waals surface area contributed by atoms with Gasteiger partial charge in [-0.25, -0.2) is 0 Å². The molecular formula is C14H11F3N2O3. The minimum atomic E-state index is -4.72. The zero-order valence-corrected chi connectivity index (χ0v) is 11.1. The molecule has 0 aromatic heterocycles. The van der Waals surface area contributed by atoms with Gasteiger partial charge >= 0.3 is 6.36 Å². The smallest absolute Gasteiger partial charge is 0.406 e. The summed E-state index contributed by atoms with van der Waals surface area (Å²) < 4.78 is 39.8. The average Bonchev–Trinajstić information content (AvgIpc) is 2.45. The molecule has 22 heavy (non-hydrogen) atoms. The van der Waals surface area contributed by atoms with Gasteiger partial charge in [0.1, 0.15) is 5.75 Å². The maximum atomic E-state index is 12.0. The molecule has 0 fully saturated rings. The van der Waals surface area contributed by atoms with E-state index in [1.165, 1.54) is 36.4 Å². The van der Waals surface area contributed by atoms with Crippen LogP contribution in [0.3, 0.4) is 0 Å². The van der Waals surface area contributed by atoms with Crippen molar-refractivity contribution in [3.8, 4) is 5.75 Å². The zero-order chi connectivity index (χ0) is 16.2. The van der Waals surface area contributed by atoms with E-state index in [2.05, 4.69) is 10.1 Å². The number of hydrogen-bond donors (Lipinski definition) is 1. The van der Waals surface area contributed by atoms with Crippen molar-refractivity contribution in [2.75, 3.05) is 5.32 Å². The van der Waals surface area contributed by atoms with Gasteiger partial charge in [-0.1, -0.05) is 12.1 Å². The van der Waals surface area contributed by atoms with Crippen molar-refractivity contribution in [2.45, 2.75) is 12.9 Å². The van der Waals surface area contributed by atoms with Crippen LogP contribution in [0.4, 0.5) is 24.5 Å². The Balaban J connectivity index is 1.97. The van der Waals surface area contributed by atoms with E-state index in [9.17, 15) is 23.3 Å². The molecular weight excluding hydrogens is 301 g/mol. The quantitative estimate of drug-likeness (QED) is 0.666. The molecule has 2 aromatic rings. The first-order valence-electron chi connectivity index (χ1n) is 6.16. The van der Waals surface area contributed by atoms with Crippen LogP contribution in [-0.2, 0) is 6.54 Å². The van der Waals surface area contributed by atoms with Crippen molar-refractivity contribution >= 4 is 11.4 Å². The van der Waals surface area contributed by atoms with Crippen molar-refractivity contribution in [2.24, 2.45) is 0 Å². The van der Waals surface area contributed by atoms with Crippen molar-refractivity contribution in [1.82, 2.24) is 0 Å². The molecule has 0 bridgehead atoms. The van der Waals surface area contributed by atoms with Crippen LogP contribution < -0.4 is 10.1 Å². The third-order valence-electron chi connectivity index (χ3n) is 2.71. The predicted molar refractivity (Wildman–Crippen MR) is 73.5 cm³/mol. The van der Waals surface area contributed by atoms with Crippen LogP contribution in [0.25, 0.3) is 0 Å². The number of ether oxygens (including phenoxy) is 1. The number of anilines is 1. The molecule has 0 saturated heterocycles. The highest BCUT2D eigenvalue weighted by Gasteiger charge is 2.30. The van der Waals surface area contributed by atoms with Crippen LogP contribution in [0.2, 0.25) is 0 Å². The van der Waals surface area contributed by atoms with E-state index in [4.69, 9.17) is 0 Å². The molecule has 0 aliphatic rings. The molecule has 0 radical (unpaired) electrons. The van der Waals surface area contributed by atoms with Gasteiger partial charge in [-0.3, -0.25) is 10.1 Å². The van der Waals surface area contributed by atoms with E-state index in [-0.39, 0.29) is 11.4 Å². The van der Waals surface area contributed by atoms with E-state index in [0.29, 0.717) is 17.8 Å². The Morgan fingerprint density at radius 3 is 2.41 bits per heavy atom. The molecule has 0 saturated carbocycles. The maximum absolute atomic E-state index is 12.0. The molecule has 0 heterocycles. The van der Waals surface area contributed by atoms with E-state index < -0.39 is 11.3 Å².